The molecule has 1 atom stereocenters. The number of carbonyl (C=O) groups is 1. The zero-order valence-corrected chi connectivity index (χ0v) is 9.19. The molecular weight excluding hydrogens is 190 g/mol. The lowest BCUT2D eigenvalue weighted by atomic mass is 10.1. The minimum Gasteiger partial charge on any atom is -0.481 e. The van der Waals surface area contributed by atoms with E-state index in [1.165, 1.54) is 5.56 Å². The molecule has 0 aromatic heterocycles. The standard InChI is InChI=1S/C12H17NO2/c1-3-4-10-5-7-11(8-6-10)15-9(2)12(13)14/h5-9H,3-4H2,1-2H3,(H2,13,14)/t9-/m1/s1. The normalized spacial score (nSPS) is 12.1. The number of hydrogen-bond acceptors (Lipinski definition) is 2. The Bertz CT molecular complexity index is 319. The monoisotopic (exact) mass is 207 g/mol. The second kappa shape index (κ2) is 5.39. The highest BCUT2D eigenvalue weighted by Crippen LogP contribution is 2.14. The van der Waals surface area contributed by atoms with Crippen molar-refractivity contribution in [1.82, 2.24) is 0 Å². The average molecular weight is 207 g/mol. The second-order valence-electron chi connectivity index (χ2n) is 3.56. The number of primary amides is 1. The van der Waals surface area contributed by atoms with E-state index in [9.17, 15) is 4.79 Å². The quantitative estimate of drug-likeness (QED) is 0.801. The molecule has 1 amide bonds. The number of ether oxygens (including phenoxy) is 1. The summed E-state index contributed by atoms with van der Waals surface area (Å²) in [4.78, 5) is 10.8. The van der Waals surface area contributed by atoms with Gasteiger partial charge in [-0.25, -0.2) is 0 Å². The van der Waals surface area contributed by atoms with Crippen LogP contribution in [0.15, 0.2) is 24.3 Å². The summed E-state index contributed by atoms with van der Waals surface area (Å²) in [5.74, 6) is 0.230. The highest BCUT2D eigenvalue weighted by atomic mass is 16.5. The van der Waals surface area contributed by atoms with E-state index < -0.39 is 12.0 Å². The zero-order chi connectivity index (χ0) is 11.3. The van der Waals surface area contributed by atoms with Gasteiger partial charge in [-0.2, -0.15) is 0 Å². The summed E-state index contributed by atoms with van der Waals surface area (Å²) >= 11 is 0. The van der Waals surface area contributed by atoms with Crippen molar-refractivity contribution in [3.05, 3.63) is 29.8 Å². The summed E-state index contributed by atoms with van der Waals surface area (Å²) in [6.07, 6.45) is 1.60. The van der Waals surface area contributed by atoms with Crippen LogP contribution in [0.1, 0.15) is 25.8 Å². The Morgan fingerprint density at radius 1 is 1.40 bits per heavy atom. The third-order valence-electron chi connectivity index (χ3n) is 2.18. The highest BCUT2D eigenvalue weighted by Gasteiger charge is 2.09. The molecule has 15 heavy (non-hydrogen) atoms. The van der Waals surface area contributed by atoms with Crippen LogP contribution in [-0.4, -0.2) is 12.0 Å². The maximum Gasteiger partial charge on any atom is 0.258 e. The lowest BCUT2D eigenvalue weighted by molar-refractivity contribution is -0.123. The Morgan fingerprint density at radius 2 is 2.00 bits per heavy atom. The van der Waals surface area contributed by atoms with Crippen LogP contribution < -0.4 is 10.5 Å². The Labute approximate surface area is 90.2 Å². The van der Waals surface area contributed by atoms with E-state index in [2.05, 4.69) is 6.92 Å². The van der Waals surface area contributed by atoms with Crippen molar-refractivity contribution in [3.63, 3.8) is 0 Å². The molecule has 2 N–H and O–H groups in total. The summed E-state index contributed by atoms with van der Waals surface area (Å²) in [6, 6.07) is 7.74. The second-order valence-corrected chi connectivity index (χ2v) is 3.56. The van der Waals surface area contributed by atoms with E-state index in [1.54, 1.807) is 6.92 Å². The molecule has 0 bridgehead atoms. The molecule has 3 nitrogen and oxygen atoms in total. The lowest BCUT2D eigenvalue weighted by Crippen LogP contribution is -2.30. The minimum atomic E-state index is -0.581. The van der Waals surface area contributed by atoms with E-state index in [0.29, 0.717) is 5.75 Å². The van der Waals surface area contributed by atoms with E-state index in [-0.39, 0.29) is 0 Å². The molecule has 0 saturated carbocycles. The van der Waals surface area contributed by atoms with Gasteiger partial charge in [0.05, 0.1) is 0 Å². The van der Waals surface area contributed by atoms with Gasteiger partial charge in [-0.05, 0) is 31.0 Å². The van der Waals surface area contributed by atoms with Gasteiger partial charge < -0.3 is 10.5 Å². The first-order valence-corrected chi connectivity index (χ1v) is 5.18. The molecule has 0 saturated heterocycles. The summed E-state index contributed by atoms with van der Waals surface area (Å²) in [5, 5.41) is 0. The van der Waals surface area contributed by atoms with Gasteiger partial charge in [-0.3, -0.25) is 4.79 Å². The van der Waals surface area contributed by atoms with Crippen LogP contribution in [0.2, 0.25) is 0 Å². The molecule has 0 unspecified atom stereocenters. The number of hydrogen-bond donors (Lipinski definition) is 1. The number of benzene rings is 1. The van der Waals surface area contributed by atoms with Crippen LogP contribution in [0.4, 0.5) is 0 Å². The first kappa shape index (κ1) is 11.6. The largest absolute Gasteiger partial charge is 0.481 e. The highest BCUT2D eigenvalue weighted by molar-refractivity contribution is 5.78. The summed E-state index contributed by atoms with van der Waals surface area (Å²) in [6.45, 7) is 3.78. The molecule has 1 rings (SSSR count). The number of nitrogens with two attached hydrogens (primary N) is 1. The topological polar surface area (TPSA) is 52.3 Å². The minimum absolute atomic E-state index is 0.451. The van der Waals surface area contributed by atoms with Crippen molar-refractivity contribution in [2.45, 2.75) is 32.8 Å². The van der Waals surface area contributed by atoms with Crippen LogP contribution in [0.25, 0.3) is 0 Å². The maximum atomic E-state index is 10.8. The Morgan fingerprint density at radius 3 is 2.47 bits per heavy atom. The molecule has 0 spiro atoms. The Balaban J connectivity index is 2.60. The van der Waals surface area contributed by atoms with Crippen LogP contribution in [-0.2, 0) is 11.2 Å². The number of rotatable bonds is 5. The van der Waals surface area contributed by atoms with E-state index in [0.717, 1.165) is 12.8 Å². The van der Waals surface area contributed by atoms with Gasteiger partial charge in [0, 0.05) is 0 Å². The fourth-order valence-corrected chi connectivity index (χ4v) is 1.29. The van der Waals surface area contributed by atoms with Crippen LogP contribution >= 0.6 is 0 Å². The fraction of sp³-hybridized carbons (Fsp3) is 0.417. The number of amides is 1. The van der Waals surface area contributed by atoms with E-state index in [4.69, 9.17) is 10.5 Å². The SMILES string of the molecule is CCCc1ccc(O[C@H](C)C(N)=O)cc1. The van der Waals surface area contributed by atoms with Gasteiger partial charge in [-0.1, -0.05) is 25.5 Å². The van der Waals surface area contributed by atoms with Gasteiger partial charge in [0.25, 0.3) is 5.91 Å². The lowest BCUT2D eigenvalue weighted by Gasteiger charge is -2.11. The van der Waals surface area contributed by atoms with Crippen molar-refractivity contribution in [2.24, 2.45) is 5.73 Å². The van der Waals surface area contributed by atoms with Gasteiger partial charge in [0.2, 0.25) is 0 Å². The molecule has 0 aliphatic heterocycles. The predicted molar refractivity (Wildman–Crippen MR) is 59.7 cm³/mol. The van der Waals surface area contributed by atoms with Crippen LogP contribution in [0, 0.1) is 0 Å². The maximum absolute atomic E-state index is 10.8. The first-order chi connectivity index (χ1) is 7.13. The zero-order valence-electron chi connectivity index (χ0n) is 9.19. The smallest absolute Gasteiger partial charge is 0.258 e. The van der Waals surface area contributed by atoms with Gasteiger partial charge in [-0.15, -0.1) is 0 Å². The molecule has 0 aliphatic rings. The number of carbonyl (C=O) groups excluding carboxylic acids is 1. The Kier molecular flexibility index (Phi) is 4.16. The van der Waals surface area contributed by atoms with Crippen molar-refractivity contribution in [1.29, 1.82) is 0 Å². The van der Waals surface area contributed by atoms with E-state index >= 15 is 0 Å². The fourth-order valence-electron chi connectivity index (χ4n) is 1.29. The predicted octanol–water partition coefficient (Wildman–Crippen LogP) is 1.89. The van der Waals surface area contributed by atoms with Crippen molar-refractivity contribution in [2.75, 3.05) is 0 Å². The van der Waals surface area contributed by atoms with Crippen molar-refractivity contribution in [3.8, 4) is 5.75 Å². The Hall–Kier alpha value is -1.51. The summed E-state index contributed by atoms with van der Waals surface area (Å²) < 4.78 is 5.33. The van der Waals surface area contributed by atoms with Crippen LogP contribution in [0.3, 0.4) is 0 Å². The summed E-state index contributed by atoms with van der Waals surface area (Å²) in [7, 11) is 0. The molecule has 3 heteroatoms. The molecule has 0 radical (unpaired) electrons. The molecule has 1 aromatic carbocycles. The molecule has 1 aromatic rings. The van der Waals surface area contributed by atoms with Gasteiger partial charge >= 0.3 is 0 Å². The van der Waals surface area contributed by atoms with Crippen molar-refractivity contribution >= 4 is 5.91 Å². The third-order valence-corrected chi connectivity index (χ3v) is 2.18. The average Bonchev–Trinajstić information content (AvgIpc) is 2.21. The molecule has 82 valence electrons. The molecule has 0 heterocycles. The van der Waals surface area contributed by atoms with Gasteiger partial charge in [0.1, 0.15) is 5.75 Å². The molecule has 0 fully saturated rings. The first-order valence-electron chi connectivity index (χ1n) is 5.18. The molecule has 0 aliphatic carbocycles. The number of aryl methyl sites for hydroxylation is 1. The van der Waals surface area contributed by atoms with Gasteiger partial charge in [0.15, 0.2) is 6.10 Å². The summed E-state index contributed by atoms with van der Waals surface area (Å²) in [5.41, 5.74) is 6.37. The van der Waals surface area contributed by atoms with E-state index in [1.807, 2.05) is 24.3 Å². The van der Waals surface area contributed by atoms with Crippen molar-refractivity contribution < 1.29 is 9.53 Å². The van der Waals surface area contributed by atoms with Crippen LogP contribution in [0.5, 0.6) is 5.75 Å². The third kappa shape index (κ3) is 3.62. The molecular formula is C12H17NO2.